The van der Waals surface area contributed by atoms with Crippen molar-refractivity contribution in [2.75, 3.05) is 13.1 Å². The number of hydrogen-bond donors (Lipinski definition) is 1. The summed E-state index contributed by atoms with van der Waals surface area (Å²) in [5.74, 6) is -0.258. The molecule has 6 nitrogen and oxygen atoms in total. The van der Waals surface area contributed by atoms with E-state index in [0.29, 0.717) is 25.2 Å². The van der Waals surface area contributed by atoms with Crippen molar-refractivity contribution in [2.24, 2.45) is 0 Å². The van der Waals surface area contributed by atoms with E-state index in [-0.39, 0.29) is 10.8 Å². The van der Waals surface area contributed by atoms with Gasteiger partial charge in [-0.05, 0) is 53.4 Å². The molecule has 0 unspecified atom stereocenters. The van der Waals surface area contributed by atoms with Gasteiger partial charge in [0.1, 0.15) is 0 Å². The number of pyridine rings is 1. The standard InChI is InChI=1S/C21H23N3O3S2/c1-3-24(4-2)29(26,27)18-9-7-17(8-10-18)21(25)23-15-16-11-12-22-19(14-16)20-6-5-13-28-20/h5-14H,3-4,15H2,1-2H3,(H,23,25). The zero-order valence-corrected chi connectivity index (χ0v) is 18.0. The highest BCUT2D eigenvalue weighted by Gasteiger charge is 2.21. The maximum atomic E-state index is 12.5. The number of hydrogen-bond acceptors (Lipinski definition) is 5. The van der Waals surface area contributed by atoms with Crippen molar-refractivity contribution >= 4 is 27.3 Å². The van der Waals surface area contributed by atoms with Crippen LogP contribution in [0.15, 0.2) is 65.0 Å². The Morgan fingerprint density at radius 3 is 2.45 bits per heavy atom. The molecule has 0 aliphatic rings. The summed E-state index contributed by atoms with van der Waals surface area (Å²) < 4.78 is 26.5. The van der Waals surface area contributed by atoms with Gasteiger partial charge in [-0.3, -0.25) is 9.78 Å². The molecule has 0 radical (unpaired) electrons. The number of rotatable bonds is 8. The van der Waals surface area contributed by atoms with Gasteiger partial charge in [-0.1, -0.05) is 19.9 Å². The van der Waals surface area contributed by atoms with Crippen molar-refractivity contribution in [3.8, 4) is 10.6 Å². The van der Waals surface area contributed by atoms with Crippen LogP contribution in [-0.2, 0) is 16.6 Å². The third kappa shape index (κ3) is 4.90. The average Bonchev–Trinajstić information content (AvgIpc) is 3.28. The number of amides is 1. The fourth-order valence-electron chi connectivity index (χ4n) is 2.92. The molecule has 0 atom stereocenters. The van der Waals surface area contributed by atoms with Crippen molar-refractivity contribution in [3.05, 3.63) is 71.2 Å². The van der Waals surface area contributed by atoms with E-state index in [1.165, 1.54) is 28.6 Å². The summed E-state index contributed by atoms with van der Waals surface area (Å²) >= 11 is 1.61. The number of carbonyl (C=O) groups excluding carboxylic acids is 1. The molecule has 29 heavy (non-hydrogen) atoms. The third-order valence-corrected chi connectivity index (χ3v) is 7.47. The van der Waals surface area contributed by atoms with Crippen LogP contribution in [-0.4, -0.2) is 36.7 Å². The zero-order valence-electron chi connectivity index (χ0n) is 16.3. The summed E-state index contributed by atoms with van der Waals surface area (Å²) in [7, 11) is -3.53. The van der Waals surface area contributed by atoms with Gasteiger partial charge in [-0.15, -0.1) is 11.3 Å². The van der Waals surface area contributed by atoms with E-state index in [9.17, 15) is 13.2 Å². The lowest BCUT2D eigenvalue weighted by atomic mass is 10.2. The number of carbonyl (C=O) groups is 1. The first-order chi connectivity index (χ1) is 14.0. The van der Waals surface area contributed by atoms with Crippen LogP contribution in [0, 0.1) is 0 Å². The first-order valence-corrected chi connectivity index (χ1v) is 11.6. The second-order valence-corrected chi connectivity index (χ2v) is 9.21. The first kappa shape index (κ1) is 21.2. The maximum absolute atomic E-state index is 12.5. The van der Waals surface area contributed by atoms with Crippen molar-refractivity contribution in [1.82, 2.24) is 14.6 Å². The molecule has 0 saturated carbocycles. The van der Waals surface area contributed by atoms with Gasteiger partial charge >= 0.3 is 0 Å². The molecule has 3 rings (SSSR count). The number of nitrogens with zero attached hydrogens (tertiary/aromatic N) is 2. The van der Waals surface area contributed by atoms with Gasteiger partial charge in [0.05, 0.1) is 15.5 Å². The van der Waals surface area contributed by atoms with Crippen molar-refractivity contribution in [1.29, 1.82) is 0 Å². The van der Waals surface area contributed by atoms with Crippen LogP contribution in [0.25, 0.3) is 10.6 Å². The van der Waals surface area contributed by atoms with Crippen molar-refractivity contribution < 1.29 is 13.2 Å². The van der Waals surface area contributed by atoms with E-state index in [2.05, 4.69) is 10.3 Å². The Morgan fingerprint density at radius 2 is 1.83 bits per heavy atom. The summed E-state index contributed by atoms with van der Waals surface area (Å²) in [6, 6.07) is 13.8. The second-order valence-electron chi connectivity index (χ2n) is 6.32. The molecule has 0 aliphatic carbocycles. The van der Waals surface area contributed by atoms with Gasteiger partial charge in [0.15, 0.2) is 0 Å². The highest BCUT2D eigenvalue weighted by molar-refractivity contribution is 7.89. The summed E-state index contributed by atoms with van der Waals surface area (Å²) in [4.78, 5) is 18.1. The lowest BCUT2D eigenvalue weighted by Gasteiger charge is -2.18. The van der Waals surface area contributed by atoms with Gasteiger partial charge in [0, 0.05) is 31.4 Å². The monoisotopic (exact) mass is 429 g/mol. The van der Waals surface area contributed by atoms with Crippen LogP contribution >= 0.6 is 11.3 Å². The molecular formula is C21H23N3O3S2. The fourth-order valence-corrected chi connectivity index (χ4v) is 5.07. The van der Waals surface area contributed by atoms with E-state index in [0.717, 1.165) is 16.1 Å². The maximum Gasteiger partial charge on any atom is 0.251 e. The highest BCUT2D eigenvalue weighted by Crippen LogP contribution is 2.23. The van der Waals surface area contributed by atoms with E-state index in [1.54, 1.807) is 31.4 Å². The molecule has 1 N–H and O–H groups in total. The first-order valence-electron chi connectivity index (χ1n) is 9.33. The Morgan fingerprint density at radius 1 is 1.10 bits per heavy atom. The van der Waals surface area contributed by atoms with Gasteiger partial charge in [0.2, 0.25) is 10.0 Å². The second kappa shape index (κ2) is 9.30. The Bertz CT molecular complexity index is 1060. The molecule has 152 valence electrons. The molecule has 0 aliphatic heterocycles. The molecule has 3 aromatic rings. The number of aromatic nitrogens is 1. The molecule has 0 bridgehead atoms. The summed E-state index contributed by atoms with van der Waals surface area (Å²) in [5, 5.41) is 4.86. The van der Waals surface area contributed by atoms with Crippen LogP contribution in [0.3, 0.4) is 0 Å². The minimum atomic E-state index is -3.53. The van der Waals surface area contributed by atoms with Crippen LogP contribution in [0.2, 0.25) is 0 Å². The van der Waals surface area contributed by atoms with E-state index in [4.69, 9.17) is 0 Å². The minimum absolute atomic E-state index is 0.187. The van der Waals surface area contributed by atoms with Gasteiger partial charge < -0.3 is 5.32 Å². The number of thiophene rings is 1. The number of nitrogens with one attached hydrogen (secondary N) is 1. The SMILES string of the molecule is CCN(CC)S(=O)(=O)c1ccc(C(=O)NCc2ccnc(-c3cccs3)c2)cc1. The van der Waals surface area contributed by atoms with E-state index >= 15 is 0 Å². The molecule has 0 saturated heterocycles. The molecule has 8 heteroatoms. The Balaban J connectivity index is 1.67. The predicted molar refractivity (Wildman–Crippen MR) is 115 cm³/mol. The number of sulfonamides is 1. The highest BCUT2D eigenvalue weighted by atomic mass is 32.2. The van der Waals surface area contributed by atoms with Crippen LogP contribution < -0.4 is 5.32 Å². The van der Waals surface area contributed by atoms with Crippen LogP contribution in [0.1, 0.15) is 29.8 Å². The van der Waals surface area contributed by atoms with Gasteiger partial charge in [0.25, 0.3) is 5.91 Å². The lowest BCUT2D eigenvalue weighted by molar-refractivity contribution is 0.0951. The van der Waals surface area contributed by atoms with Gasteiger partial charge in [-0.2, -0.15) is 4.31 Å². The van der Waals surface area contributed by atoms with Crippen molar-refractivity contribution in [3.63, 3.8) is 0 Å². The van der Waals surface area contributed by atoms with Crippen LogP contribution in [0.4, 0.5) is 0 Å². The smallest absolute Gasteiger partial charge is 0.251 e. The minimum Gasteiger partial charge on any atom is -0.348 e. The fraction of sp³-hybridized carbons (Fsp3) is 0.238. The van der Waals surface area contributed by atoms with Gasteiger partial charge in [-0.25, -0.2) is 8.42 Å². The molecule has 2 aromatic heterocycles. The van der Waals surface area contributed by atoms with E-state index < -0.39 is 10.0 Å². The predicted octanol–water partition coefficient (Wildman–Crippen LogP) is 3.77. The Labute approximate surface area is 175 Å². The topological polar surface area (TPSA) is 79.4 Å². The molecule has 0 fully saturated rings. The van der Waals surface area contributed by atoms with E-state index in [1.807, 2.05) is 29.6 Å². The molecule has 2 heterocycles. The molecular weight excluding hydrogens is 406 g/mol. The normalized spacial score (nSPS) is 11.6. The average molecular weight is 430 g/mol. The summed E-state index contributed by atoms with van der Waals surface area (Å²) in [6.45, 7) is 4.76. The number of benzene rings is 1. The largest absolute Gasteiger partial charge is 0.348 e. The van der Waals surface area contributed by atoms with Crippen LogP contribution in [0.5, 0.6) is 0 Å². The quantitative estimate of drug-likeness (QED) is 0.591. The third-order valence-electron chi connectivity index (χ3n) is 4.51. The molecule has 1 aromatic carbocycles. The lowest BCUT2D eigenvalue weighted by Crippen LogP contribution is -2.30. The Hall–Kier alpha value is -2.55. The summed E-state index contributed by atoms with van der Waals surface area (Å²) in [5.41, 5.74) is 2.23. The molecule has 1 amide bonds. The molecule has 0 spiro atoms. The summed E-state index contributed by atoms with van der Waals surface area (Å²) in [6.07, 6.45) is 1.73. The zero-order chi connectivity index (χ0) is 20.9. The van der Waals surface area contributed by atoms with Crippen molar-refractivity contribution in [2.45, 2.75) is 25.3 Å². The Kier molecular flexibility index (Phi) is 6.79.